The highest BCUT2D eigenvalue weighted by molar-refractivity contribution is 5.98. The third-order valence-electron chi connectivity index (χ3n) is 5.10. The molecule has 3 N–H and O–H groups in total. The Bertz CT molecular complexity index is 957. The molecule has 3 atom stereocenters. The van der Waals surface area contributed by atoms with Gasteiger partial charge in [0.05, 0.1) is 23.9 Å². The molecule has 186 valence electrons. The molecule has 3 rings (SSSR count). The average Bonchev–Trinajstić information content (AvgIpc) is 3.24. The first kappa shape index (κ1) is 28.7. The minimum absolute atomic E-state index is 0.231. The van der Waals surface area contributed by atoms with Gasteiger partial charge >= 0.3 is 5.97 Å². The fourth-order valence-electron chi connectivity index (χ4n) is 3.68. The average molecular weight is 470 g/mol. The highest BCUT2D eigenvalue weighted by Crippen LogP contribution is 2.38. The molecule has 0 radical (unpaired) electrons. The molecule has 0 spiro atoms. The van der Waals surface area contributed by atoms with Crippen LogP contribution in [-0.2, 0) is 9.53 Å². The van der Waals surface area contributed by atoms with Crippen molar-refractivity contribution in [3.8, 4) is 6.07 Å². The molecule has 34 heavy (non-hydrogen) atoms. The summed E-state index contributed by atoms with van der Waals surface area (Å²) in [6, 6.07) is 11.3. The van der Waals surface area contributed by atoms with Crippen LogP contribution in [0.3, 0.4) is 0 Å². The largest absolute Gasteiger partial charge is 0.460 e. The number of aromatic nitrogens is 2. The minimum atomic E-state index is -0.618. The number of ether oxygens (including phenoxy) is 1. The van der Waals surface area contributed by atoms with Crippen LogP contribution in [0, 0.1) is 23.2 Å². The number of benzene rings is 1. The number of nitrogens with one attached hydrogen (secondary N) is 1. The van der Waals surface area contributed by atoms with Crippen molar-refractivity contribution in [2.24, 2.45) is 17.6 Å². The quantitative estimate of drug-likeness (QED) is 0.549. The van der Waals surface area contributed by atoms with E-state index in [4.69, 9.17) is 10.5 Å². The fourth-order valence-corrected chi connectivity index (χ4v) is 3.68. The van der Waals surface area contributed by atoms with Gasteiger partial charge in [-0.2, -0.15) is 10.4 Å². The summed E-state index contributed by atoms with van der Waals surface area (Å²) in [7, 11) is 0. The van der Waals surface area contributed by atoms with E-state index in [0.29, 0.717) is 25.1 Å². The second kappa shape index (κ2) is 13.4. The molecule has 1 heterocycles. The number of carbonyl (C=O) groups is 2. The number of anilines is 2. The molecule has 1 aromatic carbocycles. The number of hydrogen-bond donors (Lipinski definition) is 2. The summed E-state index contributed by atoms with van der Waals surface area (Å²) in [5.41, 5.74) is 5.97. The van der Waals surface area contributed by atoms with Crippen LogP contribution < -0.4 is 11.1 Å². The topological polar surface area (TPSA) is 123 Å². The van der Waals surface area contributed by atoms with Crippen LogP contribution >= 0.6 is 0 Å². The standard InChI is InChI=1S/C22H27N5O3.2C2H6/c1-22(2,3)30-21(29)14-9-10-15(12-23)18(11-14)27-13-17(19(24)28)20(26-27)25-16-7-5-4-6-8-16;2*1-2/h4-8,13-15,18H,9-11H2,1-3H3,(H2,24,28)(H,25,26);2*1-2H3/t14?,15?,18-;;/m0../s1. The molecule has 0 bridgehead atoms. The number of rotatable bonds is 5. The predicted molar refractivity (Wildman–Crippen MR) is 134 cm³/mol. The summed E-state index contributed by atoms with van der Waals surface area (Å²) >= 11 is 0. The van der Waals surface area contributed by atoms with E-state index in [-0.39, 0.29) is 29.4 Å². The number of nitrogens with two attached hydrogens (primary N) is 1. The Balaban J connectivity index is 0.00000137. The first-order chi connectivity index (χ1) is 16.2. The Morgan fingerprint density at radius 1 is 1.15 bits per heavy atom. The van der Waals surface area contributed by atoms with Gasteiger partial charge in [0.1, 0.15) is 11.2 Å². The number of hydrogen-bond acceptors (Lipinski definition) is 6. The Hall–Kier alpha value is -3.34. The van der Waals surface area contributed by atoms with Crippen LogP contribution in [0.15, 0.2) is 36.5 Å². The molecule has 0 saturated heterocycles. The summed E-state index contributed by atoms with van der Waals surface area (Å²) in [5, 5.41) is 17.3. The third kappa shape index (κ3) is 7.91. The lowest BCUT2D eigenvalue weighted by atomic mass is 9.79. The summed E-state index contributed by atoms with van der Waals surface area (Å²) < 4.78 is 7.13. The molecule has 8 nitrogen and oxygen atoms in total. The number of carbonyl (C=O) groups excluding carboxylic acids is 2. The molecule has 1 aliphatic rings. The highest BCUT2D eigenvalue weighted by atomic mass is 16.6. The van der Waals surface area contributed by atoms with Gasteiger partial charge in [0.25, 0.3) is 5.91 Å². The number of esters is 1. The van der Waals surface area contributed by atoms with Crippen molar-refractivity contribution in [1.29, 1.82) is 5.26 Å². The van der Waals surface area contributed by atoms with Crippen molar-refractivity contribution in [1.82, 2.24) is 9.78 Å². The zero-order valence-corrected chi connectivity index (χ0v) is 21.5. The maximum atomic E-state index is 12.6. The SMILES string of the molecule is CC.CC.CC(C)(C)OC(=O)C1CCC(C#N)[C@@H](n2cc(C(N)=O)c(Nc3ccccc3)n2)C1. The van der Waals surface area contributed by atoms with Crippen LogP contribution in [0.2, 0.25) is 0 Å². The Kier molecular flexibility index (Phi) is 11.3. The van der Waals surface area contributed by atoms with E-state index in [0.717, 1.165) is 5.69 Å². The van der Waals surface area contributed by atoms with E-state index >= 15 is 0 Å². The number of primary amides is 1. The summed E-state index contributed by atoms with van der Waals surface area (Å²) in [4.78, 5) is 24.6. The molecular formula is C26H39N5O3. The zero-order chi connectivity index (χ0) is 25.9. The third-order valence-corrected chi connectivity index (χ3v) is 5.10. The number of amides is 1. The van der Waals surface area contributed by atoms with Gasteiger partial charge in [-0.25, -0.2) is 0 Å². The molecule has 1 amide bonds. The Labute approximate surface area is 203 Å². The molecule has 2 unspecified atom stereocenters. The molecule has 8 heteroatoms. The summed E-state index contributed by atoms with van der Waals surface area (Å²) in [5.74, 6) is -1.22. The molecule has 2 aromatic rings. The summed E-state index contributed by atoms with van der Waals surface area (Å²) in [6.07, 6.45) is 3.11. The fraction of sp³-hybridized carbons (Fsp3) is 0.538. The minimum Gasteiger partial charge on any atom is -0.460 e. The maximum absolute atomic E-state index is 12.6. The van der Waals surface area contributed by atoms with Crippen molar-refractivity contribution in [3.63, 3.8) is 0 Å². The van der Waals surface area contributed by atoms with E-state index in [1.807, 2.05) is 78.8 Å². The first-order valence-electron chi connectivity index (χ1n) is 12.0. The van der Waals surface area contributed by atoms with Crippen LogP contribution in [-0.4, -0.2) is 27.3 Å². The van der Waals surface area contributed by atoms with Crippen LogP contribution in [0.4, 0.5) is 11.5 Å². The van der Waals surface area contributed by atoms with Gasteiger partial charge in [-0.3, -0.25) is 14.3 Å². The zero-order valence-electron chi connectivity index (χ0n) is 21.5. The van der Waals surface area contributed by atoms with E-state index in [1.165, 1.54) is 0 Å². The highest BCUT2D eigenvalue weighted by Gasteiger charge is 2.38. The number of nitriles is 1. The van der Waals surface area contributed by atoms with Gasteiger partial charge in [-0.05, 0) is 52.2 Å². The molecule has 1 aliphatic carbocycles. The second-order valence-corrected chi connectivity index (χ2v) is 8.57. The maximum Gasteiger partial charge on any atom is 0.309 e. The van der Waals surface area contributed by atoms with Crippen LogP contribution in [0.1, 0.15) is 84.1 Å². The lowest BCUT2D eigenvalue weighted by molar-refractivity contribution is -0.161. The first-order valence-corrected chi connectivity index (χ1v) is 12.0. The predicted octanol–water partition coefficient (Wildman–Crippen LogP) is 5.60. The molecule has 0 aliphatic heterocycles. The monoisotopic (exact) mass is 469 g/mol. The van der Waals surface area contributed by atoms with E-state index < -0.39 is 11.5 Å². The normalized spacial score (nSPS) is 19.3. The van der Waals surface area contributed by atoms with Gasteiger partial charge in [-0.1, -0.05) is 45.9 Å². The van der Waals surface area contributed by atoms with Gasteiger partial charge < -0.3 is 15.8 Å². The van der Waals surface area contributed by atoms with E-state index in [9.17, 15) is 14.9 Å². The molecule has 1 fully saturated rings. The van der Waals surface area contributed by atoms with E-state index in [2.05, 4.69) is 16.5 Å². The van der Waals surface area contributed by atoms with Crippen molar-refractivity contribution in [3.05, 3.63) is 42.1 Å². The van der Waals surface area contributed by atoms with Gasteiger partial charge in [-0.15, -0.1) is 0 Å². The molecular weight excluding hydrogens is 430 g/mol. The van der Waals surface area contributed by atoms with Crippen molar-refractivity contribution in [2.45, 2.75) is 79.4 Å². The van der Waals surface area contributed by atoms with Crippen LogP contribution in [0.5, 0.6) is 0 Å². The van der Waals surface area contributed by atoms with Gasteiger partial charge in [0.2, 0.25) is 0 Å². The van der Waals surface area contributed by atoms with Crippen LogP contribution in [0.25, 0.3) is 0 Å². The Morgan fingerprint density at radius 2 is 1.76 bits per heavy atom. The van der Waals surface area contributed by atoms with Gasteiger partial charge in [0, 0.05) is 11.9 Å². The van der Waals surface area contributed by atoms with Crippen molar-refractivity contribution < 1.29 is 14.3 Å². The number of nitrogens with zero attached hydrogens (tertiary/aromatic N) is 3. The number of para-hydroxylation sites is 1. The van der Waals surface area contributed by atoms with Gasteiger partial charge in [0.15, 0.2) is 5.82 Å². The van der Waals surface area contributed by atoms with E-state index in [1.54, 1.807) is 10.9 Å². The second-order valence-electron chi connectivity index (χ2n) is 8.57. The smallest absolute Gasteiger partial charge is 0.309 e. The summed E-state index contributed by atoms with van der Waals surface area (Å²) in [6.45, 7) is 13.5. The van der Waals surface area contributed by atoms with Crippen molar-refractivity contribution >= 4 is 23.4 Å². The lowest BCUT2D eigenvalue weighted by Gasteiger charge is -2.33. The lowest BCUT2D eigenvalue weighted by Crippen LogP contribution is -2.35. The molecule has 1 saturated carbocycles. The van der Waals surface area contributed by atoms with Crippen molar-refractivity contribution in [2.75, 3.05) is 5.32 Å². The molecule has 1 aromatic heterocycles. The Morgan fingerprint density at radius 3 is 2.29 bits per heavy atom.